The largest absolute Gasteiger partial charge is 0.387 e. The van der Waals surface area contributed by atoms with E-state index in [0.717, 1.165) is 44.8 Å². The quantitative estimate of drug-likeness (QED) is 0.817. The Morgan fingerprint density at radius 1 is 1.08 bits per heavy atom. The molecule has 1 unspecified atom stereocenters. The van der Waals surface area contributed by atoms with Crippen molar-refractivity contribution in [3.05, 3.63) is 34.9 Å². The number of aliphatic hydroxyl groups is 1. The first-order chi connectivity index (χ1) is 11.9. The number of hydrogen-bond donors (Lipinski definition) is 1. The molecule has 25 heavy (non-hydrogen) atoms. The summed E-state index contributed by atoms with van der Waals surface area (Å²) in [5.74, 6) is 0.221. The van der Waals surface area contributed by atoms with Crippen LogP contribution in [0, 0.1) is 13.8 Å². The number of β-amino-alcohol motifs (C(OH)–C–C–N with tert-alkyl or cyclic N) is 1. The van der Waals surface area contributed by atoms with Crippen LogP contribution in [0.4, 0.5) is 0 Å². The summed E-state index contributed by atoms with van der Waals surface area (Å²) in [5, 5.41) is 10.6. The Morgan fingerprint density at radius 3 is 2.16 bits per heavy atom. The maximum absolute atomic E-state index is 12.4. The lowest BCUT2D eigenvalue weighted by Gasteiger charge is -2.36. The van der Waals surface area contributed by atoms with Crippen molar-refractivity contribution in [2.24, 2.45) is 0 Å². The van der Waals surface area contributed by atoms with Gasteiger partial charge in [0, 0.05) is 32.7 Å². The van der Waals surface area contributed by atoms with Gasteiger partial charge >= 0.3 is 0 Å². The fourth-order valence-corrected chi connectivity index (χ4v) is 3.47. The minimum absolute atomic E-state index is 0.221. The van der Waals surface area contributed by atoms with E-state index in [9.17, 15) is 9.90 Å². The van der Waals surface area contributed by atoms with E-state index in [-0.39, 0.29) is 5.91 Å². The summed E-state index contributed by atoms with van der Waals surface area (Å²) in [5.41, 5.74) is 3.35. The van der Waals surface area contributed by atoms with Crippen molar-refractivity contribution in [3.8, 4) is 0 Å². The van der Waals surface area contributed by atoms with Gasteiger partial charge in [0.05, 0.1) is 12.6 Å². The van der Waals surface area contributed by atoms with Crippen LogP contribution in [0.15, 0.2) is 18.2 Å². The molecule has 140 valence electrons. The Morgan fingerprint density at radius 2 is 1.64 bits per heavy atom. The highest BCUT2D eigenvalue weighted by molar-refractivity contribution is 5.78. The van der Waals surface area contributed by atoms with Gasteiger partial charge < -0.3 is 10.0 Å². The Labute approximate surface area is 152 Å². The normalized spacial score (nSPS) is 17.1. The molecule has 0 saturated carbocycles. The Kier molecular flexibility index (Phi) is 7.41. The summed E-state index contributed by atoms with van der Waals surface area (Å²) in [6.45, 7) is 14.4. The Bertz CT molecular complexity index is 544. The number of rotatable bonds is 7. The van der Waals surface area contributed by atoms with Crippen molar-refractivity contribution >= 4 is 5.91 Å². The van der Waals surface area contributed by atoms with Crippen molar-refractivity contribution in [2.75, 3.05) is 52.4 Å². The topological polar surface area (TPSA) is 47.0 Å². The predicted octanol–water partition coefficient (Wildman–Crippen LogP) is 1.82. The zero-order chi connectivity index (χ0) is 18.4. The SMILES string of the molecule is CCN(CC)CC(=O)N1CCN(CC(O)c2cc(C)cc(C)c2)CC1. The van der Waals surface area contributed by atoms with Gasteiger partial charge in [0.15, 0.2) is 0 Å². The molecule has 1 aromatic carbocycles. The molecule has 1 aliphatic rings. The molecule has 1 saturated heterocycles. The molecular formula is C20H33N3O2. The first kappa shape index (κ1) is 19.9. The molecule has 1 aromatic rings. The molecule has 0 spiro atoms. The predicted molar refractivity (Wildman–Crippen MR) is 102 cm³/mol. The number of nitrogens with zero attached hydrogens (tertiary/aromatic N) is 3. The lowest BCUT2D eigenvalue weighted by Crippen LogP contribution is -2.51. The molecule has 1 N–H and O–H groups in total. The van der Waals surface area contributed by atoms with Crippen molar-refractivity contribution in [1.82, 2.24) is 14.7 Å². The number of likely N-dealkylation sites (N-methyl/N-ethyl adjacent to an activating group) is 1. The number of amides is 1. The summed E-state index contributed by atoms with van der Waals surface area (Å²) in [6, 6.07) is 6.24. The standard InChI is InChI=1S/C20H33N3O2/c1-5-21(6-2)15-20(25)23-9-7-22(8-10-23)14-19(24)18-12-16(3)11-17(4)13-18/h11-13,19,24H,5-10,14-15H2,1-4H3. The number of hydrogen-bond acceptors (Lipinski definition) is 4. The molecule has 5 nitrogen and oxygen atoms in total. The van der Waals surface area contributed by atoms with E-state index in [4.69, 9.17) is 0 Å². The van der Waals surface area contributed by atoms with Crippen LogP contribution in [0.1, 0.15) is 36.6 Å². The number of aryl methyl sites for hydroxylation is 2. The van der Waals surface area contributed by atoms with Crippen LogP contribution in [-0.4, -0.2) is 78.1 Å². The zero-order valence-corrected chi connectivity index (χ0v) is 16.2. The Balaban J connectivity index is 1.82. The molecule has 0 radical (unpaired) electrons. The number of aliphatic hydroxyl groups excluding tert-OH is 1. The van der Waals surface area contributed by atoms with Crippen LogP contribution in [0.25, 0.3) is 0 Å². The van der Waals surface area contributed by atoms with Crippen molar-refractivity contribution in [3.63, 3.8) is 0 Å². The van der Waals surface area contributed by atoms with Crippen molar-refractivity contribution in [1.29, 1.82) is 0 Å². The van der Waals surface area contributed by atoms with Gasteiger partial charge in [-0.3, -0.25) is 14.6 Å². The monoisotopic (exact) mass is 347 g/mol. The van der Waals surface area contributed by atoms with Crippen LogP contribution in [0.3, 0.4) is 0 Å². The lowest BCUT2D eigenvalue weighted by atomic mass is 10.0. The van der Waals surface area contributed by atoms with E-state index in [0.29, 0.717) is 13.1 Å². The van der Waals surface area contributed by atoms with E-state index >= 15 is 0 Å². The summed E-state index contributed by atoms with van der Waals surface area (Å²) < 4.78 is 0. The minimum Gasteiger partial charge on any atom is -0.387 e. The average Bonchev–Trinajstić information content (AvgIpc) is 2.59. The van der Waals surface area contributed by atoms with Gasteiger partial charge in [-0.1, -0.05) is 43.2 Å². The van der Waals surface area contributed by atoms with Gasteiger partial charge in [-0.2, -0.15) is 0 Å². The summed E-state index contributed by atoms with van der Waals surface area (Å²) in [4.78, 5) is 18.7. The van der Waals surface area contributed by atoms with Gasteiger partial charge in [0.1, 0.15) is 0 Å². The first-order valence-corrected chi connectivity index (χ1v) is 9.41. The Hall–Kier alpha value is -1.43. The average molecular weight is 348 g/mol. The van der Waals surface area contributed by atoms with Crippen molar-refractivity contribution in [2.45, 2.75) is 33.8 Å². The second kappa shape index (κ2) is 9.32. The van der Waals surface area contributed by atoms with Gasteiger partial charge in [-0.15, -0.1) is 0 Å². The van der Waals surface area contributed by atoms with Gasteiger partial charge in [-0.25, -0.2) is 0 Å². The molecule has 1 atom stereocenters. The lowest BCUT2D eigenvalue weighted by molar-refractivity contribution is -0.134. The smallest absolute Gasteiger partial charge is 0.236 e. The molecule has 1 fully saturated rings. The summed E-state index contributed by atoms with van der Waals surface area (Å²) >= 11 is 0. The first-order valence-electron chi connectivity index (χ1n) is 9.41. The molecule has 0 aromatic heterocycles. The highest BCUT2D eigenvalue weighted by Crippen LogP contribution is 2.19. The van der Waals surface area contributed by atoms with E-state index < -0.39 is 6.10 Å². The van der Waals surface area contributed by atoms with Crippen LogP contribution in [0.2, 0.25) is 0 Å². The molecule has 0 bridgehead atoms. The fraction of sp³-hybridized carbons (Fsp3) is 0.650. The third-order valence-corrected chi connectivity index (χ3v) is 5.04. The highest BCUT2D eigenvalue weighted by atomic mass is 16.3. The molecular weight excluding hydrogens is 314 g/mol. The minimum atomic E-state index is -0.475. The fourth-order valence-electron chi connectivity index (χ4n) is 3.47. The number of piperazine rings is 1. The summed E-state index contributed by atoms with van der Waals surface area (Å²) in [6.07, 6.45) is -0.475. The van der Waals surface area contributed by atoms with E-state index in [2.05, 4.69) is 55.7 Å². The van der Waals surface area contributed by atoms with E-state index in [1.165, 1.54) is 11.1 Å². The van der Waals surface area contributed by atoms with Crippen LogP contribution >= 0.6 is 0 Å². The molecule has 2 rings (SSSR count). The third kappa shape index (κ3) is 5.80. The summed E-state index contributed by atoms with van der Waals surface area (Å²) in [7, 11) is 0. The van der Waals surface area contributed by atoms with Crippen LogP contribution in [0.5, 0.6) is 0 Å². The second-order valence-electron chi connectivity index (χ2n) is 7.08. The number of carbonyl (C=O) groups excluding carboxylic acids is 1. The zero-order valence-electron chi connectivity index (χ0n) is 16.2. The van der Waals surface area contributed by atoms with Gasteiger partial charge in [0.2, 0.25) is 5.91 Å². The maximum atomic E-state index is 12.4. The number of carbonyl (C=O) groups is 1. The molecule has 1 heterocycles. The third-order valence-electron chi connectivity index (χ3n) is 5.04. The molecule has 5 heteroatoms. The van der Waals surface area contributed by atoms with Gasteiger partial charge in [-0.05, 0) is 32.5 Å². The van der Waals surface area contributed by atoms with Crippen LogP contribution < -0.4 is 0 Å². The second-order valence-corrected chi connectivity index (χ2v) is 7.08. The maximum Gasteiger partial charge on any atom is 0.236 e. The van der Waals surface area contributed by atoms with E-state index in [1.807, 2.05) is 4.90 Å². The van der Waals surface area contributed by atoms with Crippen LogP contribution in [-0.2, 0) is 4.79 Å². The highest BCUT2D eigenvalue weighted by Gasteiger charge is 2.23. The molecule has 1 amide bonds. The van der Waals surface area contributed by atoms with Gasteiger partial charge in [0.25, 0.3) is 0 Å². The van der Waals surface area contributed by atoms with E-state index in [1.54, 1.807) is 0 Å². The van der Waals surface area contributed by atoms with Crippen molar-refractivity contribution < 1.29 is 9.90 Å². The molecule has 0 aliphatic carbocycles. The number of benzene rings is 1. The molecule has 1 aliphatic heterocycles.